The van der Waals surface area contributed by atoms with Gasteiger partial charge in [-0.2, -0.15) is 5.10 Å². The van der Waals surface area contributed by atoms with Crippen LogP contribution in [-0.2, 0) is 16.4 Å². The molecule has 5 nitrogen and oxygen atoms in total. The summed E-state index contributed by atoms with van der Waals surface area (Å²) in [4.78, 5) is 0.250. The van der Waals surface area contributed by atoms with E-state index in [0.717, 1.165) is 5.69 Å². The van der Waals surface area contributed by atoms with Crippen molar-refractivity contribution in [3.05, 3.63) is 77.9 Å². The summed E-state index contributed by atoms with van der Waals surface area (Å²) in [6.07, 6.45) is 4.14. The molecule has 0 aliphatic rings. The van der Waals surface area contributed by atoms with E-state index in [1.165, 1.54) is 15.6 Å². The average molecular weight is 398 g/mol. The maximum Gasteiger partial charge on any atom is 0.240 e. The maximum atomic E-state index is 12.7. The molecule has 138 valence electrons. The van der Waals surface area contributed by atoms with Gasteiger partial charge >= 0.3 is 0 Å². The molecule has 1 N–H and O–H groups in total. The van der Waals surface area contributed by atoms with Crippen LogP contribution in [0.15, 0.2) is 77.3 Å². The largest absolute Gasteiger partial charge is 0.241 e. The van der Waals surface area contributed by atoms with E-state index in [-0.39, 0.29) is 10.9 Å². The average Bonchev–Trinajstić information content (AvgIpc) is 3.32. The topological polar surface area (TPSA) is 64.0 Å². The Kier molecular flexibility index (Phi) is 4.82. The van der Waals surface area contributed by atoms with Gasteiger partial charge in [0.1, 0.15) is 0 Å². The Labute approximate surface area is 162 Å². The van der Waals surface area contributed by atoms with Crippen molar-refractivity contribution in [1.82, 2.24) is 14.5 Å². The summed E-state index contributed by atoms with van der Waals surface area (Å²) in [6.45, 7) is 1.89. The van der Waals surface area contributed by atoms with E-state index in [1.807, 2.05) is 31.3 Å². The molecule has 0 radical (unpaired) electrons. The van der Waals surface area contributed by atoms with Crippen LogP contribution in [0.25, 0.3) is 15.8 Å². The zero-order valence-corrected chi connectivity index (χ0v) is 16.4. The summed E-state index contributed by atoms with van der Waals surface area (Å²) in [5.41, 5.74) is 1.98. The summed E-state index contributed by atoms with van der Waals surface area (Å²) >= 11 is 1.69. The van der Waals surface area contributed by atoms with Crippen molar-refractivity contribution < 1.29 is 8.42 Å². The number of nitrogens with one attached hydrogen (secondary N) is 1. The van der Waals surface area contributed by atoms with Crippen LogP contribution in [0.2, 0.25) is 0 Å². The van der Waals surface area contributed by atoms with Crippen molar-refractivity contribution in [2.45, 2.75) is 24.3 Å². The summed E-state index contributed by atoms with van der Waals surface area (Å²) in [7, 11) is -3.58. The van der Waals surface area contributed by atoms with Gasteiger partial charge in [0.15, 0.2) is 0 Å². The van der Waals surface area contributed by atoms with Crippen molar-refractivity contribution in [3.8, 4) is 5.69 Å². The number of aromatic nitrogens is 2. The van der Waals surface area contributed by atoms with Crippen LogP contribution in [0.3, 0.4) is 0 Å². The first-order valence-electron chi connectivity index (χ1n) is 8.60. The van der Waals surface area contributed by atoms with E-state index in [2.05, 4.69) is 27.3 Å². The minimum Gasteiger partial charge on any atom is -0.241 e. The first-order chi connectivity index (χ1) is 13.0. The fourth-order valence-electron chi connectivity index (χ4n) is 3.09. The number of nitrogens with zero attached hydrogens (tertiary/aromatic N) is 2. The molecule has 1 atom stereocenters. The molecule has 0 amide bonds. The van der Waals surface area contributed by atoms with Crippen LogP contribution in [0.4, 0.5) is 0 Å². The molecule has 0 aliphatic heterocycles. The molecule has 0 fully saturated rings. The van der Waals surface area contributed by atoms with E-state index < -0.39 is 10.0 Å². The Morgan fingerprint density at radius 2 is 1.89 bits per heavy atom. The minimum atomic E-state index is -3.58. The van der Waals surface area contributed by atoms with Gasteiger partial charge in [-0.1, -0.05) is 18.2 Å². The van der Waals surface area contributed by atoms with Crippen molar-refractivity contribution in [3.63, 3.8) is 0 Å². The number of fused-ring (bicyclic) bond motifs is 1. The highest BCUT2D eigenvalue weighted by Crippen LogP contribution is 2.26. The summed E-state index contributed by atoms with van der Waals surface area (Å²) in [6, 6.07) is 16.5. The predicted molar refractivity (Wildman–Crippen MR) is 109 cm³/mol. The van der Waals surface area contributed by atoms with Crippen molar-refractivity contribution >= 4 is 31.4 Å². The number of benzene rings is 2. The maximum absolute atomic E-state index is 12.7. The summed E-state index contributed by atoms with van der Waals surface area (Å²) < 4.78 is 31.1. The van der Waals surface area contributed by atoms with Gasteiger partial charge in [-0.3, -0.25) is 0 Å². The van der Waals surface area contributed by atoms with E-state index in [4.69, 9.17) is 0 Å². The Bertz CT molecular complexity index is 1150. The Balaban J connectivity index is 1.49. The Hall–Kier alpha value is -2.48. The number of sulfonamides is 1. The molecule has 0 spiro atoms. The molecule has 0 saturated carbocycles. The van der Waals surface area contributed by atoms with Gasteiger partial charge in [-0.05, 0) is 66.1 Å². The molecular formula is C20H19N3O2S2. The lowest BCUT2D eigenvalue weighted by atomic mass is 10.1. The van der Waals surface area contributed by atoms with Gasteiger partial charge in [0.2, 0.25) is 10.0 Å². The predicted octanol–water partition coefficient (Wildman–Crippen LogP) is 4.00. The third-order valence-electron chi connectivity index (χ3n) is 4.36. The molecule has 2 aromatic heterocycles. The minimum absolute atomic E-state index is 0.209. The number of thiophene rings is 1. The molecule has 0 aliphatic carbocycles. The van der Waals surface area contributed by atoms with E-state index in [0.29, 0.717) is 6.42 Å². The van der Waals surface area contributed by atoms with E-state index in [1.54, 1.807) is 46.5 Å². The van der Waals surface area contributed by atoms with Crippen LogP contribution in [0.1, 0.15) is 12.5 Å². The van der Waals surface area contributed by atoms with Crippen molar-refractivity contribution in [2.75, 3.05) is 0 Å². The monoisotopic (exact) mass is 397 g/mol. The molecule has 2 aromatic carbocycles. The lowest BCUT2D eigenvalue weighted by molar-refractivity contribution is 0.560. The number of rotatable bonds is 6. The van der Waals surface area contributed by atoms with Crippen LogP contribution in [0.5, 0.6) is 0 Å². The SMILES string of the molecule is C[C@@H](Cc1csc2ccccc12)NS(=O)(=O)c1ccc(-n2cccn2)cc1. The first kappa shape index (κ1) is 17.9. The molecule has 0 saturated heterocycles. The Morgan fingerprint density at radius 1 is 1.11 bits per heavy atom. The zero-order valence-electron chi connectivity index (χ0n) is 14.7. The number of hydrogen-bond acceptors (Lipinski definition) is 4. The second-order valence-electron chi connectivity index (χ2n) is 6.43. The first-order valence-corrected chi connectivity index (χ1v) is 11.0. The van der Waals surface area contributed by atoms with Gasteiger partial charge in [0.25, 0.3) is 0 Å². The smallest absolute Gasteiger partial charge is 0.240 e. The molecule has 0 bridgehead atoms. The third-order valence-corrected chi connectivity index (χ3v) is 6.98. The van der Waals surface area contributed by atoms with Gasteiger partial charge in [-0.15, -0.1) is 11.3 Å². The van der Waals surface area contributed by atoms with Crippen LogP contribution in [-0.4, -0.2) is 24.2 Å². The highest BCUT2D eigenvalue weighted by molar-refractivity contribution is 7.89. The van der Waals surface area contributed by atoms with E-state index in [9.17, 15) is 8.42 Å². The molecule has 4 aromatic rings. The van der Waals surface area contributed by atoms with Gasteiger partial charge in [-0.25, -0.2) is 17.8 Å². The fraction of sp³-hybridized carbons (Fsp3) is 0.150. The molecule has 27 heavy (non-hydrogen) atoms. The highest BCUT2D eigenvalue weighted by atomic mass is 32.2. The molecule has 2 heterocycles. The second-order valence-corrected chi connectivity index (χ2v) is 9.05. The van der Waals surface area contributed by atoms with Crippen molar-refractivity contribution in [1.29, 1.82) is 0 Å². The van der Waals surface area contributed by atoms with E-state index >= 15 is 0 Å². The van der Waals surface area contributed by atoms with Crippen LogP contribution >= 0.6 is 11.3 Å². The third kappa shape index (κ3) is 3.80. The molecule has 4 rings (SSSR count). The van der Waals surface area contributed by atoms with Gasteiger partial charge in [0.05, 0.1) is 10.6 Å². The van der Waals surface area contributed by atoms with Crippen molar-refractivity contribution in [2.24, 2.45) is 0 Å². The lowest BCUT2D eigenvalue weighted by Crippen LogP contribution is -2.34. The standard InChI is InChI=1S/C20H19N3O2S2/c1-15(13-16-14-26-20-6-3-2-5-19(16)20)22-27(24,25)18-9-7-17(8-10-18)23-12-4-11-21-23/h2-12,14-15,22H,13H2,1H3/t15-/m0/s1. The summed E-state index contributed by atoms with van der Waals surface area (Å²) in [5.74, 6) is 0. The second kappa shape index (κ2) is 7.26. The van der Waals surface area contributed by atoms with Crippen LogP contribution < -0.4 is 4.72 Å². The molecule has 0 unspecified atom stereocenters. The zero-order chi connectivity index (χ0) is 18.9. The Morgan fingerprint density at radius 3 is 2.63 bits per heavy atom. The highest BCUT2D eigenvalue weighted by Gasteiger charge is 2.18. The van der Waals surface area contributed by atoms with Gasteiger partial charge < -0.3 is 0 Å². The lowest BCUT2D eigenvalue weighted by Gasteiger charge is -2.14. The number of hydrogen-bond donors (Lipinski definition) is 1. The quantitative estimate of drug-likeness (QED) is 0.535. The fourth-order valence-corrected chi connectivity index (χ4v) is 5.31. The van der Waals surface area contributed by atoms with Gasteiger partial charge in [0, 0.05) is 23.1 Å². The summed E-state index contributed by atoms with van der Waals surface area (Å²) in [5, 5.41) is 7.44. The normalized spacial score (nSPS) is 13.1. The van der Waals surface area contributed by atoms with Crippen LogP contribution in [0, 0.1) is 0 Å². The molecular weight excluding hydrogens is 378 g/mol. The molecule has 7 heteroatoms.